The monoisotopic (exact) mass is 509 g/mol. The second kappa shape index (κ2) is 11.6. The van der Waals surface area contributed by atoms with Gasteiger partial charge in [-0.3, -0.25) is 4.90 Å². The van der Waals surface area contributed by atoms with Crippen LogP contribution in [0.4, 0.5) is 5.82 Å². The lowest BCUT2D eigenvalue weighted by atomic mass is 9.63. The van der Waals surface area contributed by atoms with E-state index in [0.29, 0.717) is 13.2 Å². The number of hydrogen-bond donors (Lipinski definition) is 1. The molecule has 1 aliphatic heterocycles. The molecule has 0 amide bonds. The fraction of sp³-hybridized carbons (Fsp3) is 0.593. The summed E-state index contributed by atoms with van der Waals surface area (Å²) < 4.78 is 5.05. The van der Waals surface area contributed by atoms with E-state index in [-0.39, 0.29) is 35.6 Å². The molecule has 190 valence electrons. The predicted octanol–water partition coefficient (Wildman–Crippen LogP) is 5.07. The summed E-state index contributed by atoms with van der Waals surface area (Å²) in [5, 5.41) is 10.0. The number of aliphatic hydroxyl groups excluding tert-OH is 1. The standard InChI is InChI=1S/C27H39N3O2.2ClH/c1-26(2)11-12-27(3,4)23-17-20(9-10-22(23)26)24-7-6-8-25(28-24)30-15-13-29(14-16-30)18-21(31)19-32-5;;/h6-10,17,21,31H,11-16,18-19H2,1-5H3;2*1H. The zero-order valence-electron chi connectivity index (χ0n) is 21.2. The van der Waals surface area contributed by atoms with Gasteiger partial charge in [0.25, 0.3) is 0 Å². The molecule has 1 unspecified atom stereocenters. The van der Waals surface area contributed by atoms with Crippen molar-refractivity contribution < 1.29 is 9.84 Å². The molecule has 2 heterocycles. The number of pyridine rings is 1. The smallest absolute Gasteiger partial charge is 0.129 e. The molecule has 0 bridgehead atoms. The Hall–Kier alpha value is -1.37. The fourth-order valence-electron chi connectivity index (χ4n) is 5.21. The molecule has 1 N–H and O–H groups in total. The number of aromatic nitrogens is 1. The summed E-state index contributed by atoms with van der Waals surface area (Å²) >= 11 is 0. The van der Waals surface area contributed by atoms with Gasteiger partial charge in [-0.15, -0.1) is 24.8 Å². The molecule has 4 rings (SSSR count). The van der Waals surface area contributed by atoms with Crippen LogP contribution in [0.1, 0.15) is 51.7 Å². The molecule has 0 spiro atoms. The summed E-state index contributed by atoms with van der Waals surface area (Å²) in [5.74, 6) is 1.04. The molecule has 0 radical (unpaired) electrons. The predicted molar refractivity (Wildman–Crippen MR) is 146 cm³/mol. The molecule has 2 aromatic rings. The molecule has 1 aliphatic carbocycles. The van der Waals surface area contributed by atoms with Crippen LogP contribution in [0.3, 0.4) is 0 Å². The van der Waals surface area contributed by atoms with Crippen LogP contribution in [0.5, 0.6) is 0 Å². The molecule has 34 heavy (non-hydrogen) atoms. The Morgan fingerprint density at radius 1 is 0.941 bits per heavy atom. The van der Waals surface area contributed by atoms with Gasteiger partial charge in [0.15, 0.2) is 0 Å². The highest BCUT2D eigenvalue weighted by Crippen LogP contribution is 2.46. The molecule has 0 saturated carbocycles. The zero-order chi connectivity index (χ0) is 22.9. The number of piperazine rings is 1. The quantitative estimate of drug-likeness (QED) is 0.588. The second-order valence-corrected chi connectivity index (χ2v) is 10.8. The number of halogens is 2. The van der Waals surface area contributed by atoms with Crippen molar-refractivity contribution >= 4 is 30.6 Å². The minimum atomic E-state index is -0.425. The highest BCUT2D eigenvalue weighted by molar-refractivity contribution is 5.85. The van der Waals surface area contributed by atoms with Crippen molar-refractivity contribution in [1.29, 1.82) is 0 Å². The van der Waals surface area contributed by atoms with Crippen LogP contribution in [0.25, 0.3) is 11.3 Å². The summed E-state index contributed by atoms with van der Waals surface area (Å²) in [6.07, 6.45) is 2.02. The van der Waals surface area contributed by atoms with E-state index in [1.54, 1.807) is 7.11 Å². The molecule has 1 atom stereocenters. The van der Waals surface area contributed by atoms with Gasteiger partial charge in [0.05, 0.1) is 18.4 Å². The highest BCUT2D eigenvalue weighted by atomic mass is 35.5. The lowest BCUT2D eigenvalue weighted by Crippen LogP contribution is -2.49. The van der Waals surface area contributed by atoms with Crippen molar-refractivity contribution in [3.8, 4) is 11.3 Å². The van der Waals surface area contributed by atoms with E-state index < -0.39 is 6.10 Å². The van der Waals surface area contributed by atoms with E-state index in [4.69, 9.17) is 9.72 Å². The first-order chi connectivity index (χ1) is 15.2. The Balaban J connectivity index is 0.00000204. The minimum Gasteiger partial charge on any atom is -0.389 e. The Morgan fingerprint density at radius 2 is 1.59 bits per heavy atom. The minimum absolute atomic E-state index is 0. The average Bonchev–Trinajstić information content (AvgIpc) is 2.77. The number of hydrogen-bond acceptors (Lipinski definition) is 5. The van der Waals surface area contributed by atoms with Gasteiger partial charge in [-0.2, -0.15) is 0 Å². The largest absolute Gasteiger partial charge is 0.389 e. The number of β-amino-alcohol motifs (C(OH)–C–C–N with tert-alkyl or cyclic N) is 1. The number of methoxy groups -OCH3 is 1. The van der Waals surface area contributed by atoms with Gasteiger partial charge < -0.3 is 14.7 Å². The molecular formula is C27H41Cl2N3O2. The first-order valence-electron chi connectivity index (χ1n) is 12.0. The molecule has 1 fully saturated rings. The maximum Gasteiger partial charge on any atom is 0.129 e. The first kappa shape index (κ1) is 28.9. The van der Waals surface area contributed by atoms with E-state index in [1.807, 2.05) is 0 Å². The Kier molecular flexibility index (Phi) is 9.83. The summed E-state index contributed by atoms with van der Waals surface area (Å²) in [6, 6.07) is 13.3. The normalized spacial score (nSPS) is 20.0. The number of rotatable bonds is 6. The van der Waals surface area contributed by atoms with Crippen LogP contribution in [-0.4, -0.2) is 67.5 Å². The zero-order valence-corrected chi connectivity index (χ0v) is 22.8. The molecule has 1 aromatic carbocycles. The van der Waals surface area contributed by atoms with Crippen LogP contribution >= 0.6 is 24.8 Å². The van der Waals surface area contributed by atoms with Gasteiger partial charge >= 0.3 is 0 Å². The van der Waals surface area contributed by atoms with Crippen LogP contribution < -0.4 is 4.90 Å². The second-order valence-electron chi connectivity index (χ2n) is 10.8. The molecule has 7 heteroatoms. The summed E-state index contributed by atoms with van der Waals surface area (Å²) in [7, 11) is 1.63. The van der Waals surface area contributed by atoms with Crippen molar-refractivity contribution in [1.82, 2.24) is 9.88 Å². The third-order valence-corrected chi connectivity index (χ3v) is 7.41. The topological polar surface area (TPSA) is 48.8 Å². The Bertz CT molecular complexity index is 943. The summed E-state index contributed by atoms with van der Waals surface area (Å²) in [5.41, 5.74) is 5.64. The maximum absolute atomic E-state index is 10.0. The van der Waals surface area contributed by atoms with Gasteiger partial charge in [-0.25, -0.2) is 4.98 Å². The lowest BCUT2D eigenvalue weighted by Gasteiger charge is -2.42. The fourth-order valence-corrected chi connectivity index (χ4v) is 5.21. The van der Waals surface area contributed by atoms with Gasteiger partial charge in [0.1, 0.15) is 5.82 Å². The number of fused-ring (bicyclic) bond motifs is 1. The number of anilines is 1. The Morgan fingerprint density at radius 3 is 2.24 bits per heavy atom. The highest BCUT2D eigenvalue weighted by Gasteiger charge is 2.37. The lowest BCUT2D eigenvalue weighted by molar-refractivity contribution is 0.0365. The van der Waals surface area contributed by atoms with Crippen LogP contribution in [0, 0.1) is 0 Å². The third kappa shape index (κ3) is 6.24. The van der Waals surface area contributed by atoms with Gasteiger partial charge in [0.2, 0.25) is 0 Å². The average molecular weight is 511 g/mol. The Labute approximate surface area is 217 Å². The van der Waals surface area contributed by atoms with Crippen molar-refractivity contribution in [3.05, 3.63) is 47.5 Å². The number of nitrogens with zero attached hydrogens (tertiary/aromatic N) is 3. The van der Waals surface area contributed by atoms with E-state index in [2.05, 4.69) is 73.9 Å². The van der Waals surface area contributed by atoms with Gasteiger partial charge in [-0.05, 0) is 53.0 Å². The maximum atomic E-state index is 10.0. The summed E-state index contributed by atoms with van der Waals surface area (Å²) in [4.78, 5) is 9.71. The van der Waals surface area contributed by atoms with Gasteiger partial charge in [-0.1, -0.05) is 45.9 Å². The molecule has 5 nitrogen and oxygen atoms in total. The SMILES string of the molecule is COCC(O)CN1CCN(c2cccc(-c3ccc4c(c3)C(C)(C)CCC4(C)C)n2)CC1.Cl.Cl. The first-order valence-corrected chi connectivity index (χ1v) is 12.0. The van der Waals surface area contributed by atoms with Crippen molar-refractivity contribution in [3.63, 3.8) is 0 Å². The van der Waals surface area contributed by atoms with E-state index in [1.165, 1.54) is 29.5 Å². The third-order valence-electron chi connectivity index (χ3n) is 7.41. The molecule has 2 aliphatic rings. The van der Waals surface area contributed by atoms with Crippen LogP contribution in [-0.2, 0) is 15.6 Å². The van der Waals surface area contributed by atoms with Crippen molar-refractivity contribution in [2.75, 3.05) is 51.3 Å². The van der Waals surface area contributed by atoms with Crippen LogP contribution in [0.15, 0.2) is 36.4 Å². The van der Waals surface area contributed by atoms with Crippen molar-refractivity contribution in [2.45, 2.75) is 57.5 Å². The summed E-state index contributed by atoms with van der Waals surface area (Å²) in [6.45, 7) is 14.2. The van der Waals surface area contributed by atoms with Gasteiger partial charge in [0, 0.05) is 45.4 Å². The number of benzene rings is 1. The number of aliphatic hydroxyl groups is 1. The van der Waals surface area contributed by atoms with E-state index >= 15 is 0 Å². The van der Waals surface area contributed by atoms with Crippen LogP contribution in [0.2, 0.25) is 0 Å². The van der Waals surface area contributed by atoms with Crippen molar-refractivity contribution in [2.24, 2.45) is 0 Å². The molecular weight excluding hydrogens is 469 g/mol. The van der Waals surface area contributed by atoms with E-state index in [9.17, 15) is 5.11 Å². The number of ether oxygens (including phenoxy) is 1. The van der Waals surface area contributed by atoms with E-state index in [0.717, 1.165) is 37.7 Å². The molecule has 1 aromatic heterocycles. The molecule has 1 saturated heterocycles.